The summed E-state index contributed by atoms with van der Waals surface area (Å²) in [6.45, 7) is 2.83. The number of likely N-dealkylation sites (N-methyl/N-ethyl adjacent to an activating group) is 1. The number of para-hydroxylation sites is 1. The minimum atomic E-state index is -3.41. The van der Waals surface area contributed by atoms with Crippen molar-refractivity contribution < 1.29 is 22.8 Å². The van der Waals surface area contributed by atoms with Gasteiger partial charge in [0.2, 0.25) is 0 Å². The van der Waals surface area contributed by atoms with Crippen LogP contribution in [0.3, 0.4) is 0 Å². The van der Waals surface area contributed by atoms with E-state index in [9.17, 15) is 13.2 Å². The predicted molar refractivity (Wildman–Crippen MR) is 101 cm³/mol. The number of carbonyl (C=O) groups is 1. The van der Waals surface area contributed by atoms with Crippen molar-refractivity contribution in [1.29, 1.82) is 0 Å². The summed E-state index contributed by atoms with van der Waals surface area (Å²) in [5, 5.41) is 2.70. The molecule has 2 rings (SSSR count). The van der Waals surface area contributed by atoms with Crippen molar-refractivity contribution in [2.75, 3.05) is 32.3 Å². The second-order valence-corrected chi connectivity index (χ2v) is 8.43. The lowest BCUT2D eigenvalue weighted by Crippen LogP contribution is -3.08. The van der Waals surface area contributed by atoms with Gasteiger partial charge in [-0.1, -0.05) is 23.8 Å². The summed E-state index contributed by atoms with van der Waals surface area (Å²) in [6, 6.07) is 12.3. The van der Waals surface area contributed by atoms with Crippen molar-refractivity contribution in [1.82, 2.24) is 0 Å². The Kier molecular flexibility index (Phi) is 6.39. The quantitative estimate of drug-likeness (QED) is 0.757. The highest BCUT2D eigenvalue weighted by molar-refractivity contribution is 7.90. The fourth-order valence-corrected chi connectivity index (χ4v) is 3.64. The van der Waals surface area contributed by atoms with Crippen LogP contribution in [-0.2, 0) is 21.2 Å². The molecule has 0 heterocycles. The van der Waals surface area contributed by atoms with Crippen LogP contribution in [0.25, 0.3) is 0 Å². The highest BCUT2D eigenvalue weighted by Gasteiger charge is 2.17. The fraction of sp³-hybridized carbons (Fsp3) is 0.316. The number of hydrogen-bond donors (Lipinski definition) is 2. The summed E-state index contributed by atoms with van der Waals surface area (Å²) in [7, 11) is 0.122. The first-order valence-corrected chi connectivity index (χ1v) is 10.1. The second kappa shape index (κ2) is 8.33. The van der Waals surface area contributed by atoms with Gasteiger partial charge in [0, 0.05) is 11.8 Å². The Morgan fingerprint density at radius 3 is 2.54 bits per heavy atom. The third kappa shape index (κ3) is 5.31. The zero-order valence-corrected chi connectivity index (χ0v) is 16.3. The Balaban J connectivity index is 2.06. The first kappa shape index (κ1) is 19.9. The number of methoxy groups -OCH3 is 1. The lowest BCUT2D eigenvalue weighted by Gasteiger charge is -2.17. The number of sulfone groups is 1. The minimum Gasteiger partial charge on any atom is -0.496 e. The summed E-state index contributed by atoms with van der Waals surface area (Å²) < 4.78 is 29.0. The number of ether oxygens (including phenoxy) is 1. The van der Waals surface area contributed by atoms with Crippen LogP contribution in [0, 0.1) is 6.92 Å². The van der Waals surface area contributed by atoms with Gasteiger partial charge in [-0.25, -0.2) is 8.42 Å². The van der Waals surface area contributed by atoms with Gasteiger partial charge in [-0.15, -0.1) is 0 Å². The van der Waals surface area contributed by atoms with Crippen molar-refractivity contribution in [3.8, 4) is 5.75 Å². The van der Waals surface area contributed by atoms with Gasteiger partial charge in [0.25, 0.3) is 5.91 Å². The number of quaternary nitrogens is 1. The summed E-state index contributed by atoms with van der Waals surface area (Å²) in [5.41, 5.74) is 2.45. The van der Waals surface area contributed by atoms with E-state index in [0.29, 0.717) is 12.2 Å². The third-order valence-electron chi connectivity index (χ3n) is 3.95. The van der Waals surface area contributed by atoms with Crippen molar-refractivity contribution in [3.63, 3.8) is 0 Å². The van der Waals surface area contributed by atoms with Crippen molar-refractivity contribution in [2.45, 2.75) is 18.4 Å². The number of aryl methyl sites for hydroxylation is 1. The van der Waals surface area contributed by atoms with Crippen molar-refractivity contribution in [3.05, 3.63) is 53.6 Å². The van der Waals surface area contributed by atoms with Gasteiger partial charge < -0.3 is 15.0 Å². The molecule has 1 unspecified atom stereocenters. The van der Waals surface area contributed by atoms with Gasteiger partial charge in [0.05, 0.1) is 24.7 Å². The molecule has 0 aromatic heterocycles. The molecule has 26 heavy (non-hydrogen) atoms. The molecule has 1 atom stereocenters. The van der Waals surface area contributed by atoms with Crippen LogP contribution < -0.4 is 15.0 Å². The van der Waals surface area contributed by atoms with E-state index in [4.69, 9.17) is 4.74 Å². The number of carbonyl (C=O) groups excluding carboxylic acids is 1. The molecule has 2 aromatic carbocycles. The summed E-state index contributed by atoms with van der Waals surface area (Å²) in [5.74, 6) is 0.544. The van der Waals surface area contributed by atoms with Crippen LogP contribution in [0.5, 0.6) is 5.75 Å². The van der Waals surface area contributed by atoms with Crippen LogP contribution >= 0.6 is 0 Å². The van der Waals surface area contributed by atoms with Crippen LogP contribution in [0.4, 0.5) is 5.69 Å². The fourth-order valence-electron chi connectivity index (χ4n) is 2.79. The highest BCUT2D eigenvalue weighted by Crippen LogP contribution is 2.20. The van der Waals surface area contributed by atoms with Crippen LogP contribution in [0.2, 0.25) is 0 Å². The monoisotopic (exact) mass is 377 g/mol. The van der Waals surface area contributed by atoms with Gasteiger partial charge in [-0.05, 0) is 31.2 Å². The predicted octanol–water partition coefficient (Wildman–Crippen LogP) is 1.06. The summed E-state index contributed by atoms with van der Waals surface area (Å²) in [6.07, 6.45) is 1.12. The average Bonchev–Trinajstić information content (AvgIpc) is 2.54. The maximum absolute atomic E-state index is 12.4. The standard InChI is InChI=1S/C19H24N2O4S/c1-14-9-10-17(25-3)15(11-14)12-21(2)13-19(22)20-16-7-5-6-8-18(16)26(4,23)24/h5-11H,12-13H2,1-4H3,(H,20,22)/p+1. The van der Waals surface area contributed by atoms with E-state index >= 15 is 0 Å². The normalized spacial score (nSPS) is 12.5. The molecule has 0 saturated heterocycles. The summed E-state index contributed by atoms with van der Waals surface area (Å²) >= 11 is 0. The van der Waals surface area contributed by atoms with Crippen molar-refractivity contribution >= 4 is 21.4 Å². The lowest BCUT2D eigenvalue weighted by atomic mass is 10.1. The smallest absolute Gasteiger partial charge is 0.279 e. The Morgan fingerprint density at radius 1 is 1.19 bits per heavy atom. The number of hydrogen-bond acceptors (Lipinski definition) is 4. The lowest BCUT2D eigenvalue weighted by molar-refractivity contribution is -0.885. The topological polar surface area (TPSA) is 76.9 Å². The Hall–Kier alpha value is -2.38. The second-order valence-electron chi connectivity index (χ2n) is 6.44. The van der Waals surface area contributed by atoms with E-state index in [2.05, 4.69) is 5.32 Å². The zero-order chi connectivity index (χ0) is 19.3. The van der Waals surface area contributed by atoms with E-state index in [1.807, 2.05) is 32.2 Å². The first-order chi connectivity index (χ1) is 12.2. The van der Waals surface area contributed by atoms with Gasteiger partial charge in [-0.2, -0.15) is 0 Å². The average molecular weight is 377 g/mol. The Labute approximate surface area is 154 Å². The molecule has 0 saturated carbocycles. The molecule has 7 heteroatoms. The van der Waals surface area contributed by atoms with Gasteiger partial charge in [-0.3, -0.25) is 4.79 Å². The van der Waals surface area contributed by atoms with E-state index in [1.54, 1.807) is 25.3 Å². The molecule has 0 fully saturated rings. The molecule has 0 radical (unpaired) electrons. The molecule has 0 aliphatic rings. The molecule has 6 nitrogen and oxygen atoms in total. The van der Waals surface area contributed by atoms with E-state index in [-0.39, 0.29) is 17.3 Å². The number of nitrogens with one attached hydrogen (secondary N) is 2. The molecule has 2 N–H and O–H groups in total. The zero-order valence-electron chi connectivity index (χ0n) is 15.5. The molecular weight excluding hydrogens is 352 g/mol. The molecule has 2 aromatic rings. The Bertz CT molecular complexity index is 894. The maximum atomic E-state index is 12.4. The van der Waals surface area contributed by atoms with Crippen LogP contribution in [0.1, 0.15) is 11.1 Å². The third-order valence-corrected chi connectivity index (χ3v) is 5.11. The van der Waals surface area contributed by atoms with Gasteiger partial charge in [0.1, 0.15) is 12.3 Å². The van der Waals surface area contributed by atoms with Crippen LogP contribution in [0.15, 0.2) is 47.4 Å². The highest BCUT2D eigenvalue weighted by atomic mass is 32.2. The molecule has 0 bridgehead atoms. The maximum Gasteiger partial charge on any atom is 0.279 e. The number of anilines is 1. The van der Waals surface area contributed by atoms with E-state index in [1.165, 1.54) is 6.07 Å². The molecule has 0 spiro atoms. The number of rotatable bonds is 7. The minimum absolute atomic E-state index is 0.117. The largest absolute Gasteiger partial charge is 0.496 e. The van der Waals surface area contributed by atoms with E-state index < -0.39 is 9.84 Å². The molecule has 0 aliphatic heterocycles. The number of benzene rings is 2. The molecular formula is C19H25N2O4S+. The van der Waals surface area contributed by atoms with Crippen LogP contribution in [-0.4, -0.2) is 41.3 Å². The van der Waals surface area contributed by atoms with Gasteiger partial charge >= 0.3 is 0 Å². The molecule has 140 valence electrons. The van der Waals surface area contributed by atoms with Crippen molar-refractivity contribution in [2.24, 2.45) is 0 Å². The Morgan fingerprint density at radius 2 is 1.88 bits per heavy atom. The summed E-state index contributed by atoms with van der Waals surface area (Å²) in [4.78, 5) is 13.4. The van der Waals surface area contributed by atoms with Gasteiger partial charge in [0.15, 0.2) is 16.4 Å². The first-order valence-electron chi connectivity index (χ1n) is 8.24. The molecule has 0 aliphatic carbocycles. The molecule has 1 amide bonds. The van der Waals surface area contributed by atoms with E-state index in [0.717, 1.165) is 28.0 Å². The number of amides is 1. The SMILES string of the molecule is COc1ccc(C)cc1C[NH+](C)CC(=O)Nc1ccccc1S(C)(=O)=O.